The summed E-state index contributed by atoms with van der Waals surface area (Å²) in [4.78, 5) is 15.0. The van der Waals surface area contributed by atoms with E-state index in [0.29, 0.717) is 18.8 Å². The summed E-state index contributed by atoms with van der Waals surface area (Å²) >= 11 is 0. The minimum Gasteiger partial charge on any atom is -0.494 e. The molecule has 1 aromatic heterocycles. The van der Waals surface area contributed by atoms with Gasteiger partial charge in [-0.15, -0.1) is 0 Å². The van der Waals surface area contributed by atoms with E-state index < -0.39 is 5.97 Å². The molecule has 1 heterocycles. The maximum absolute atomic E-state index is 10.8. The lowest BCUT2D eigenvalue weighted by Crippen LogP contribution is -2.14. The lowest BCUT2D eigenvalue weighted by atomic mass is 9.88. The summed E-state index contributed by atoms with van der Waals surface area (Å²) in [5, 5.41) is 8.83. The minimum atomic E-state index is -0.976. The lowest BCUT2D eigenvalue weighted by Gasteiger charge is -2.22. The van der Waals surface area contributed by atoms with Crippen LogP contribution in [0.25, 0.3) is 0 Å². The zero-order valence-corrected chi connectivity index (χ0v) is 20.5. The predicted octanol–water partition coefficient (Wildman–Crippen LogP) is 6.06. The van der Waals surface area contributed by atoms with E-state index in [0.717, 1.165) is 30.7 Å². The first-order valence-corrected chi connectivity index (χ1v) is 12.3. The highest BCUT2D eigenvalue weighted by atomic mass is 16.5. The number of aromatic nitrogens is 1. The molecule has 0 amide bonds. The number of nitrogens with zero attached hydrogens (tertiary/aromatic N) is 1. The second-order valence-corrected chi connectivity index (χ2v) is 8.90. The smallest absolute Gasteiger partial charge is 0.341 e. The third kappa shape index (κ3) is 7.23. The number of carboxylic acids is 1. The molecule has 0 aromatic carbocycles. The van der Waals surface area contributed by atoms with Crippen LogP contribution in [-0.2, 0) is 14.3 Å². The van der Waals surface area contributed by atoms with Crippen molar-refractivity contribution in [1.29, 1.82) is 0 Å². The van der Waals surface area contributed by atoms with E-state index in [1.807, 2.05) is 37.3 Å². The van der Waals surface area contributed by atoms with Crippen LogP contribution < -0.4 is 0 Å². The Morgan fingerprint density at radius 1 is 1.17 bits per heavy atom. The fraction of sp³-hybridized carbons (Fsp3) is 0.290. The third-order valence-electron chi connectivity index (χ3n) is 6.11. The maximum Gasteiger partial charge on any atom is 0.341 e. The molecule has 3 aliphatic rings. The molecule has 0 fully saturated rings. The highest BCUT2D eigenvalue weighted by Gasteiger charge is 2.18. The predicted molar refractivity (Wildman–Crippen MR) is 140 cm³/mol. The quantitative estimate of drug-likeness (QED) is 0.457. The summed E-state index contributed by atoms with van der Waals surface area (Å²) in [6, 6.07) is 5.76. The Hall–Kier alpha value is -4.04. The Kier molecular flexibility index (Phi) is 8.77. The normalized spacial score (nSPS) is 21.3. The fourth-order valence-corrected chi connectivity index (χ4v) is 4.23. The molecule has 184 valence electrons. The van der Waals surface area contributed by atoms with Gasteiger partial charge in [-0.2, -0.15) is 0 Å². The zero-order valence-electron chi connectivity index (χ0n) is 20.5. The van der Waals surface area contributed by atoms with Crippen molar-refractivity contribution in [3.63, 3.8) is 0 Å². The standard InChI is InChI=1S/C31H31NO4/c1-23-21-28(16-17-30(23)36-22-31(33)34)35-20-18-29(25-7-3-2-4-8-25)26-13-10-24(11-14-26)12-15-27-9-5-6-19-32-27/h3,5-10,13-14,16-19,23-24H,2,4,11,20-22H2,1H3,(H,33,34)/b29-18+/t23?,24-/m0/s1. The van der Waals surface area contributed by atoms with E-state index >= 15 is 0 Å². The number of hydrogen-bond acceptors (Lipinski definition) is 4. The summed E-state index contributed by atoms with van der Waals surface area (Å²) in [5.74, 6) is 7.29. The molecular formula is C31H31NO4. The van der Waals surface area contributed by atoms with Crippen LogP contribution in [0.4, 0.5) is 0 Å². The van der Waals surface area contributed by atoms with Crippen molar-refractivity contribution in [2.24, 2.45) is 11.8 Å². The fourth-order valence-electron chi connectivity index (χ4n) is 4.23. The monoisotopic (exact) mass is 481 g/mol. The second kappa shape index (κ2) is 12.6. The molecule has 5 nitrogen and oxygen atoms in total. The molecule has 0 bridgehead atoms. The lowest BCUT2D eigenvalue weighted by molar-refractivity contribution is -0.141. The SMILES string of the molecule is CC1CC(OC/C=C(\C2=CCCC=C2)C2=CC[C@@H](C#Cc3ccccn3)C=C2)=CC=C1OCC(=O)O. The van der Waals surface area contributed by atoms with Crippen molar-refractivity contribution in [3.05, 3.63) is 113 Å². The summed E-state index contributed by atoms with van der Waals surface area (Å²) in [6.45, 7) is 2.13. The highest BCUT2D eigenvalue weighted by Crippen LogP contribution is 2.30. The first kappa shape index (κ1) is 25.1. The number of ether oxygens (including phenoxy) is 2. The number of hydrogen-bond donors (Lipinski definition) is 1. The molecule has 4 rings (SSSR count). The third-order valence-corrected chi connectivity index (χ3v) is 6.11. The number of pyridine rings is 1. The molecule has 0 saturated carbocycles. The van der Waals surface area contributed by atoms with Crippen LogP contribution in [0.3, 0.4) is 0 Å². The number of rotatable bonds is 8. The van der Waals surface area contributed by atoms with Gasteiger partial charge in [0.15, 0.2) is 6.61 Å². The van der Waals surface area contributed by atoms with Crippen LogP contribution in [0.5, 0.6) is 0 Å². The molecule has 0 saturated heterocycles. The van der Waals surface area contributed by atoms with E-state index in [4.69, 9.17) is 14.6 Å². The van der Waals surface area contributed by atoms with Crippen LogP contribution >= 0.6 is 0 Å². The van der Waals surface area contributed by atoms with Crippen molar-refractivity contribution < 1.29 is 19.4 Å². The van der Waals surface area contributed by atoms with Crippen molar-refractivity contribution in [2.75, 3.05) is 13.2 Å². The molecule has 36 heavy (non-hydrogen) atoms. The Bertz CT molecular complexity index is 1230. The minimum absolute atomic E-state index is 0.0740. The first-order chi connectivity index (χ1) is 17.6. The van der Waals surface area contributed by atoms with Gasteiger partial charge in [0.05, 0.1) is 5.76 Å². The van der Waals surface area contributed by atoms with Crippen LogP contribution in [-0.4, -0.2) is 29.3 Å². The number of carbonyl (C=O) groups is 1. The molecule has 1 aromatic rings. The van der Waals surface area contributed by atoms with Gasteiger partial charge in [-0.3, -0.25) is 0 Å². The Labute approximate surface area is 212 Å². The zero-order chi connectivity index (χ0) is 25.2. The maximum atomic E-state index is 10.8. The van der Waals surface area contributed by atoms with Gasteiger partial charge < -0.3 is 14.6 Å². The Balaban J connectivity index is 1.42. The summed E-state index contributed by atoms with van der Waals surface area (Å²) in [5.41, 5.74) is 4.36. The molecule has 0 spiro atoms. The van der Waals surface area contributed by atoms with E-state index in [2.05, 4.69) is 59.4 Å². The first-order valence-electron chi connectivity index (χ1n) is 12.3. The average molecular weight is 482 g/mol. The highest BCUT2D eigenvalue weighted by molar-refractivity contribution is 5.68. The number of carboxylic acid groups (broad SMARTS) is 1. The van der Waals surface area contributed by atoms with Crippen LogP contribution in [0.2, 0.25) is 0 Å². The van der Waals surface area contributed by atoms with Crippen molar-refractivity contribution in [3.8, 4) is 11.8 Å². The van der Waals surface area contributed by atoms with Gasteiger partial charge in [-0.25, -0.2) is 9.78 Å². The molecule has 3 aliphatic carbocycles. The van der Waals surface area contributed by atoms with E-state index in [1.54, 1.807) is 6.20 Å². The van der Waals surface area contributed by atoms with Crippen molar-refractivity contribution in [2.45, 2.75) is 32.6 Å². The van der Waals surface area contributed by atoms with Gasteiger partial charge in [0.25, 0.3) is 0 Å². The van der Waals surface area contributed by atoms with Crippen LogP contribution in [0, 0.1) is 23.7 Å². The summed E-state index contributed by atoms with van der Waals surface area (Å²) in [7, 11) is 0. The molecule has 0 radical (unpaired) electrons. The van der Waals surface area contributed by atoms with E-state index in [-0.39, 0.29) is 18.4 Å². The molecule has 1 unspecified atom stereocenters. The Morgan fingerprint density at radius 3 is 2.75 bits per heavy atom. The van der Waals surface area contributed by atoms with Gasteiger partial charge in [-0.05, 0) is 72.3 Å². The molecular weight excluding hydrogens is 450 g/mol. The number of allylic oxidation sites excluding steroid dienone is 13. The van der Waals surface area contributed by atoms with Gasteiger partial charge in [0.2, 0.25) is 0 Å². The van der Waals surface area contributed by atoms with E-state index in [1.165, 1.54) is 16.7 Å². The summed E-state index contributed by atoms with van der Waals surface area (Å²) < 4.78 is 11.4. The Morgan fingerprint density at radius 2 is 2.06 bits per heavy atom. The topological polar surface area (TPSA) is 68.7 Å². The molecule has 1 N–H and O–H groups in total. The van der Waals surface area contributed by atoms with Gasteiger partial charge in [-0.1, -0.05) is 55.4 Å². The number of aliphatic carboxylic acids is 1. The average Bonchev–Trinajstić information content (AvgIpc) is 2.91. The van der Waals surface area contributed by atoms with Gasteiger partial charge in [0.1, 0.15) is 18.1 Å². The van der Waals surface area contributed by atoms with E-state index in [9.17, 15) is 4.79 Å². The van der Waals surface area contributed by atoms with Crippen molar-refractivity contribution in [1.82, 2.24) is 4.98 Å². The molecule has 0 aliphatic heterocycles. The molecule has 2 atom stereocenters. The van der Waals surface area contributed by atoms with Gasteiger partial charge >= 0.3 is 5.97 Å². The second-order valence-electron chi connectivity index (χ2n) is 8.90. The van der Waals surface area contributed by atoms with Gasteiger partial charge in [0, 0.05) is 24.5 Å². The largest absolute Gasteiger partial charge is 0.494 e. The van der Waals surface area contributed by atoms with Crippen molar-refractivity contribution >= 4 is 5.97 Å². The van der Waals surface area contributed by atoms with Crippen LogP contribution in [0.15, 0.2) is 107 Å². The molecule has 5 heteroatoms. The summed E-state index contributed by atoms with van der Waals surface area (Å²) in [6.07, 6.45) is 24.5. The van der Waals surface area contributed by atoms with Crippen LogP contribution in [0.1, 0.15) is 38.3 Å².